The molecule has 0 aliphatic heterocycles. The molecule has 2 heterocycles. The van der Waals surface area contributed by atoms with Gasteiger partial charge in [0.1, 0.15) is 17.5 Å². The van der Waals surface area contributed by atoms with Crippen LogP contribution < -0.4 is 20.1 Å². The van der Waals surface area contributed by atoms with E-state index in [1.807, 2.05) is 45.0 Å². The SMILES string of the molecule is CCNC(=O)NC(C)c1nc(-c2cnc(Oc3ccc(OC(C)C)cc3)s2)no1. The number of carbonyl (C=O) groups excluding carboxylic acids is 1. The topological polar surface area (TPSA) is 111 Å². The Morgan fingerprint density at radius 2 is 1.93 bits per heavy atom. The fourth-order valence-electron chi connectivity index (χ4n) is 2.35. The van der Waals surface area contributed by atoms with Gasteiger partial charge in [-0.2, -0.15) is 4.98 Å². The number of hydrogen-bond acceptors (Lipinski definition) is 8. The summed E-state index contributed by atoms with van der Waals surface area (Å²) in [6.07, 6.45) is 1.73. The summed E-state index contributed by atoms with van der Waals surface area (Å²) < 4.78 is 16.6. The van der Waals surface area contributed by atoms with Crippen LogP contribution in [0, 0.1) is 0 Å². The lowest BCUT2D eigenvalue weighted by molar-refractivity contribution is 0.234. The average molecular weight is 417 g/mol. The van der Waals surface area contributed by atoms with E-state index in [2.05, 4.69) is 25.8 Å². The Hall–Kier alpha value is -3.14. The normalized spacial score (nSPS) is 11.9. The van der Waals surface area contributed by atoms with Crippen LogP contribution >= 0.6 is 11.3 Å². The zero-order valence-corrected chi connectivity index (χ0v) is 17.4. The lowest BCUT2D eigenvalue weighted by atomic mass is 10.3. The van der Waals surface area contributed by atoms with Gasteiger partial charge in [-0.1, -0.05) is 16.5 Å². The molecule has 0 aliphatic rings. The second-order valence-corrected chi connectivity index (χ2v) is 7.41. The molecule has 29 heavy (non-hydrogen) atoms. The van der Waals surface area contributed by atoms with Gasteiger partial charge in [0.25, 0.3) is 5.19 Å². The smallest absolute Gasteiger partial charge is 0.315 e. The van der Waals surface area contributed by atoms with Crippen molar-refractivity contribution in [1.82, 2.24) is 25.8 Å². The largest absolute Gasteiger partial charge is 0.491 e. The maximum absolute atomic E-state index is 11.6. The maximum atomic E-state index is 11.6. The standard InChI is InChI=1S/C19H23N5O4S/c1-5-20-18(25)22-12(4)17-23-16(24-28-17)15-10-21-19(29-15)27-14-8-6-13(7-9-14)26-11(2)3/h6-12H,5H2,1-4H3,(H2,20,22,25). The lowest BCUT2D eigenvalue weighted by Gasteiger charge is -2.09. The molecule has 0 radical (unpaired) electrons. The van der Waals surface area contributed by atoms with E-state index in [1.54, 1.807) is 13.1 Å². The van der Waals surface area contributed by atoms with Crippen molar-refractivity contribution in [1.29, 1.82) is 0 Å². The zero-order valence-electron chi connectivity index (χ0n) is 16.6. The minimum Gasteiger partial charge on any atom is -0.491 e. The minimum absolute atomic E-state index is 0.113. The first-order valence-electron chi connectivity index (χ1n) is 9.23. The Labute approximate surface area is 172 Å². The highest BCUT2D eigenvalue weighted by atomic mass is 32.1. The van der Waals surface area contributed by atoms with Crippen LogP contribution in [0.3, 0.4) is 0 Å². The Balaban J connectivity index is 1.63. The molecule has 1 atom stereocenters. The van der Waals surface area contributed by atoms with E-state index in [-0.39, 0.29) is 12.1 Å². The van der Waals surface area contributed by atoms with Gasteiger partial charge in [-0.05, 0) is 52.0 Å². The highest BCUT2D eigenvalue weighted by Crippen LogP contribution is 2.32. The molecule has 3 aromatic rings. The summed E-state index contributed by atoms with van der Waals surface area (Å²) in [6.45, 7) is 8.08. The van der Waals surface area contributed by atoms with Gasteiger partial charge in [0.2, 0.25) is 11.7 Å². The fourth-order valence-corrected chi connectivity index (χ4v) is 3.06. The van der Waals surface area contributed by atoms with E-state index >= 15 is 0 Å². The lowest BCUT2D eigenvalue weighted by Crippen LogP contribution is -2.36. The fraction of sp³-hybridized carbons (Fsp3) is 0.368. The summed E-state index contributed by atoms with van der Waals surface area (Å²) in [5.74, 6) is 2.12. The Kier molecular flexibility index (Phi) is 6.65. The van der Waals surface area contributed by atoms with E-state index in [4.69, 9.17) is 14.0 Å². The molecule has 2 N–H and O–H groups in total. The predicted molar refractivity (Wildman–Crippen MR) is 108 cm³/mol. The number of carbonyl (C=O) groups is 1. The number of ether oxygens (including phenoxy) is 2. The van der Waals surface area contributed by atoms with Crippen LogP contribution in [0.1, 0.15) is 39.6 Å². The third kappa shape index (κ3) is 5.67. The van der Waals surface area contributed by atoms with Crippen molar-refractivity contribution < 1.29 is 18.8 Å². The van der Waals surface area contributed by atoms with Crippen molar-refractivity contribution >= 4 is 17.4 Å². The van der Waals surface area contributed by atoms with Crippen LogP contribution in [-0.4, -0.2) is 33.8 Å². The van der Waals surface area contributed by atoms with Crippen LogP contribution in [0.25, 0.3) is 10.7 Å². The van der Waals surface area contributed by atoms with Gasteiger partial charge in [0.05, 0.1) is 17.2 Å². The average Bonchev–Trinajstić information content (AvgIpc) is 3.32. The first-order valence-corrected chi connectivity index (χ1v) is 10.0. The molecule has 0 saturated carbocycles. The number of thiazole rings is 1. The third-order valence-electron chi connectivity index (χ3n) is 3.60. The number of urea groups is 1. The monoisotopic (exact) mass is 417 g/mol. The number of rotatable bonds is 8. The van der Waals surface area contributed by atoms with Crippen molar-refractivity contribution in [2.45, 2.75) is 39.8 Å². The summed E-state index contributed by atoms with van der Waals surface area (Å²) in [4.78, 5) is 20.9. The zero-order chi connectivity index (χ0) is 20.8. The van der Waals surface area contributed by atoms with Crippen LogP contribution in [0.5, 0.6) is 16.7 Å². The molecule has 0 fully saturated rings. The summed E-state index contributed by atoms with van der Waals surface area (Å²) in [5.41, 5.74) is 0. The summed E-state index contributed by atoms with van der Waals surface area (Å²) in [7, 11) is 0. The van der Waals surface area contributed by atoms with Crippen molar-refractivity contribution in [3.63, 3.8) is 0 Å². The molecule has 9 nitrogen and oxygen atoms in total. The number of amides is 2. The molecule has 10 heteroatoms. The van der Waals surface area contributed by atoms with Gasteiger partial charge in [-0.25, -0.2) is 9.78 Å². The molecule has 154 valence electrons. The second kappa shape index (κ2) is 9.37. The number of benzene rings is 1. The molecule has 0 spiro atoms. The molecule has 2 amide bonds. The Morgan fingerprint density at radius 1 is 1.21 bits per heavy atom. The summed E-state index contributed by atoms with van der Waals surface area (Å²) >= 11 is 1.29. The molecule has 0 saturated heterocycles. The summed E-state index contributed by atoms with van der Waals surface area (Å²) in [6, 6.07) is 6.62. The third-order valence-corrected chi connectivity index (χ3v) is 4.47. The quantitative estimate of drug-likeness (QED) is 0.566. The van der Waals surface area contributed by atoms with E-state index in [9.17, 15) is 4.79 Å². The number of aromatic nitrogens is 3. The van der Waals surface area contributed by atoms with Crippen LogP contribution in [0.2, 0.25) is 0 Å². The van der Waals surface area contributed by atoms with Gasteiger partial charge in [0.15, 0.2) is 0 Å². The second-order valence-electron chi connectivity index (χ2n) is 6.41. The van der Waals surface area contributed by atoms with Crippen LogP contribution in [0.4, 0.5) is 4.79 Å². The molecule has 0 aliphatic carbocycles. The summed E-state index contributed by atoms with van der Waals surface area (Å²) in [5, 5.41) is 9.79. The van der Waals surface area contributed by atoms with E-state index < -0.39 is 6.04 Å². The maximum Gasteiger partial charge on any atom is 0.315 e. The number of nitrogens with one attached hydrogen (secondary N) is 2. The van der Waals surface area contributed by atoms with Gasteiger partial charge >= 0.3 is 6.03 Å². The molecular formula is C19H23N5O4S. The molecular weight excluding hydrogens is 394 g/mol. The predicted octanol–water partition coefficient (Wildman–Crippen LogP) is 4.15. The number of hydrogen-bond donors (Lipinski definition) is 2. The van der Waals surface area contributed by atoms with E-state index in [1.165, 1.54) is 11.3 Å². The van der Waals surface area contributed by atoms with Crippen LogP contribution in [-0.2, 0) is 0 Å². The van der Waals surface area contributed by atoms with Crippen molar-refractivity contribution in [3.8, 4) is 27.4 Å². The first-order chi connectivity index (χ1) is 13.9. The van der Waals surface area contributed by atoms with Crippen molar-refractivity contribution in [2.75, 3.05) is 6.54 Å². The van der Waals surface area contributed by atoms with Gasteiger partial charge in [0, 0.05) is 6.54 Å². The number of nitrogens with zero attached hydrogens (tertiary/aromatic N) is 3. The molecule has 3 rings (SSSR count). The van der Waals surface area contributed by atoms with Crippen LogP contribution in [0.15, 0.2) is 35.0 Å². The highest BCUT2D eigenvalue weighted by Gasteiger charge is 2.18. The minimum atomic E-state index is -0.419. The molecule has 1 unspecified atom stereocenters. The highest BCUT2D eigenvalue weighted by molar-refractivity contribution is 7.16. The molecule has 0 bridgehead atoms. The van der Waals surface area contributed by atoms with Gasteiger partial charge < -0.3 is 24.6 Å². The first kappa shape index (κ1) is 20.6. The van der Waals surface area contributed by atoms with E-state index in [0.29, 0.717) is 34.1 Å². The molecule has 2 aromatic heterocycles. The Morgan fingerprint density at radius 3 is 2.62 bits per heavy atom. The molecule has 1 aromatic carbocycles. The van der Waals surface area contributed by atoms with E-state index in [0.717, 1.165) is 5.75 Å². The van der Waals surface area contributed by atoms with Gasteiger partial charge in [-0.15, -0.1) is 0 Å². The van der Waals surface area contributed by atoms with Crippen molar-refractivity contribution in [2.24, 2.45) is 0 Å². The Bertz CT molecular complexity index is 938. The van der Waals surface area contributed by atoms with Gasteiger partial charge in [-0.3, -0.25) is 0 Å². The van der Waals surface area contributed by atoms with Crippen molar-refractivity contribution in [3.05, 3.63) is 36.4 Å².